The molecule has 1 atom stereocenters. The number of rotatable bonds is 6. The smallest absolute Gasteiger partial charge is 0.129 e. The number of hydrogen-bond acceptors (Lipinski definition) is 1. The van der Waals surface area contributed by atoms with Gasteiger partial charge in [0.2, 0.25) is 0 Å². The van der Waals surface area contributed by atoms with Crippen molar-refractivity contribution < 1.29 is 0 Å². The zero-order valence-corrected chi connectivity index (χ0v) is 22.0. The summed E-state index contributed by atoms with van der Waals surface area (Å²) in [6.07, 6.45) is 11.3. The van der Waals surface area contributed by atoms with E-state index < -0.39 is 8.07 Å². The summed E-state index contributed by atoms with van der Waals surface area (Å²) in [5.74, 6) is 4.32. The van der Waals surface area contributed by atoms with Gasteiger partial charge in [-0.15, -0.1) is 11.3 Å². The molecular weight excluding hydrogens is 390 g/mol. The van der Waals surface area contributed by atoms with Crippen molar-refractivity contribution in [2.24, 2.45) is 16.8 Å². The van der Waals surface area contributed by atoms with Crippen LogP contribution in [0.25, 0.3) is 0 Å². The van der Waals surface area contributed by atoms with Crippen molar-refractivity contribution in [1.29, 1.82) is 0 Å². The van der Waals surface area contributed by atoms with E-state index in [9.17, 15) is 0 Å². The van der Waals surface area contributed by atoms with Crippen molar-refractivity contribution in [3.63, 3.8) is 0 Å². The van der Waals surface area contributed by atoms with Gasteiger partial charge >= 0.3 is 0 Å². The molecule has 0 aliphatic heterocycles. The SMILES string of the molecule is C=C(C)/C(C)=C(C(C)=NC)/C(=C\C(C)C1=CC(C#C[Si](C)(C)C)=CC=C=C1C)C1CC1. The first-order valence-corrected chi connectivity index (χ1v) is 14.9. The Morgan fingerprint density at radius 3 is 2.42 bits per heavy atom. The summed E-state index contributed by atoms with van der Waals surface area (Å²) in [5, 5.41) is 0. The number of nitrogens with zero attached hydrogens (tertiary/aromatic N) is 1. The first-order chi connectivity index (χ1) is 14.4. The second-order valence-corrected chi connectivity index (χ2v) is 14.7. The molecule has 0 heterocycles. The van der Waals surface area contributed by atoms with Crippen LogP contribution in [0.2, 0.25) is 19.6 Å². The molecule has 2 heteroatoms. The van der Waals surface area contributed by atoms with Gasteiger partial charge in [-0.2, -0.15) is 0 Å². The maximum atomic E-state index is 4.55. The van der Waals surface area contributed by atoms with E-state index >= 15 is 0 Å². The van der Waals surface area contributed by atoms with E-state index in [2.05, 4.69) is 101 Å². The average molecular weight is 430 g/mol. The Morgan fingerprint density at radius 1 is 1.26 bits per heavy atom. The van der Waals surface area contributed by atoms with Crippen LogP contribution in [-0.4, -0.2) is 20.8 Å². The predicted molar refractivity (Wildman–Crippen MR) is 141 cm³/mol. The molecule has 0 N–H and O–H groups in total. The highest BCUT2D eigenvalue weighted by Gasteiger charge is 2.30. The molecule has 2 aliphatic rings. The van der Waals surface area contributed by atoms with Crippen LogP contribution in [0.15, 0.2) is 80.6 Å². The Bertz CT molecular complexity index is 1020. The summed E-state index contributed by atoms with van der Waals surface area (Å²) in [4.78, 5) is 4.55. The second kappa shape index (κ2) is 10.3. The third-order valence-electron chi connectivity index (χ3n) is 5.83. The fourth-order valence-corrected chi connectivity index (χ4v) is 4.19. The van der Waals surface area contributed by atoms with Crippen LogP contribution in [0, 0.1) is 23.3 Å². The molecule has 0 aromatic carbocycles. The first-order valence-electron chi connectivity index (χ1n) is 11.4. The summed E-state index contributed by atoms with van der Waals surface area (Å²) in [6.45, 7) is 21.9. The topological polar surface area (TPSA) is 12.4 Å². The van der Waals surface area contributed by atoms with Gasteiger partial charge in [-0.25, -0.2) is 0 Å². The van der Waals surface area contributed by atoms with Crippen LogP contribution < -0.4 is 0 Å². The Hall–Kier alpha value is -2.33. The zero-order valence-electron chi connectivity index (χ0n) is 21.0. The molecule has 1 saturated carbocycles. The van der Waals surface area contributed by atoms with Gasteiger partial charge in [0, 0.05) is 29.8 Å². The van der Waals surface area contributed by atoms with Crippen molar-refractivity contribution >= 4 is 13.8 Å². The van der Waals surface area contributed by atoms with Crippen molar-refractivity contribution in [2.45, 2.75) is 67.1 Å². The van der Waals surface area contributed by atoms with Crippen LogP contribution in [-0.2, 0) is 0 Å². The summed E-state index contributed by atoms with van der Waals surface area (Å²) < 4.78 is 0. The highest BCUT2D eigenvalue weighted by molar-refractivity contribution is 6.83. The van der Waals surface area contributed by atoms with Crippen LogP contribution in [0.3, 0.4) is 0 Å². The largest absolute Gasteiger partial charge is 0.293 e. The van der Waals surface area contributed by atoms with Gasteiger partial charge in [-0.05, 0) is 87.0 Å². The van der Waals surface area contributed by atoms with Crippen molar-refractivity contribution in [1.82, 2.24) is 0 Å². The average Bonchev–Trinajstić information content (AvgIpc) is 3.53. The number of hydrogen-bond donors (Lipinski definition) is 0. The molecule has 2 rings (SSSR count). The molecule has 1 fully saturated rings. The maximum absolute atomic E-state index is 4.55. The first kappa shape index (κ1) is 24.9. The number of aliphatic imine (C=N–C) groups is 1. The molecule has 0 radical (unpaired) electrons. The lowest BCUT2D eigenvalue weighted by molar-refractivity contribution is 0.845. The van der Waals surface area contributed by atoms with Gasteiger partial charge in [-0.1, -0.05) is 50.7 Å². The Balaban J connectivity index is 2.56. The summed E-state index contributed by atoms with van der Waals surface area (Å²) in [5.41, 5.74) is 16.7. The van der Waals surface area contributed by atoms with Crippen LogP contribution in [0.5, 0.6) is 0 Å². The fourth-order valence-electron chi connectivity index (χ4n) is 3.67. The lowest BCUT2D eigenvalue weighted by Gasteiger charge is -2.20. The molecule has 0 aromatic rings. The standard InChI is InChI=1S/C29H39NSi/c1-20(2)23(5)29(24(6)30-7)28(26-14-15-26)18-22(4)27-19-25(13-11-12-21(27)3)16-17-31(8,9)10/h11,13,18-19,22,26H,1,14-15H2,2-10H3/b28-18-,29-23+,30-24?. The Morgan fingerprint density at radius 2 is 1.90 bits per heavy atom. The molecule has 0 bridgehead atoms. The molecule has 0 saturated heterocycles. The molecule has 1 unspecified atom stereocenters. The highest BCUT2D eigenvalue weighted by atomic mass is 28.3. The van der Waals surface area contributed by atoms with Crippen molar-refractivity contribution in [3.8, 4) is 11.5 Å². The van der Waals surface area contributed by atoms with Gasteiger partial charge in [0.25, 0.3) is 0 Å². The van der Waals surface area contributed by atoms with Gasteiger partial charge in [0.05, 0.1) is 0 Å². The minimum absolute atomic E-state index is 0.268. The Labute approximate surface area is 191 Å². The summed E-state index contributed by atoms with van der Waals surface area (Å²) >= 11 is 0. The fraction of sp³-hybridized carbons (Fsp3) is 0.448. The normalized spacial score (nSPS) is 19.3. The van der Waals surface area contributed by atoms with E-state index in [1.54, 1.807) is 0 Å². The van der Waals surface area contributed by atoms with E-state index in [4.69, 9.17) is 0 Å². The molecule has 0 aromatic heterocycles. The van der Waals surface area contributed by atoms with E-state index in [-0.39, 0.29) is 5.92 Å². The Kier molecular flexibility index (Phi) is 8.30. The maximum Gasteiger partial charge on any atom is 0.129 e. The van der Waals surface area contributed by atoms with Crippen molar-refractivity contribution in [3.05, 3.63) is 75.6 Å². The molecule has 2 aliphatic carbocycles. The van der Waals surface area contributed by atoms with E-state index in [1.807, 2.05) is 13.1 Å². The minimum Gasteiger partial charge on any atom is -0.293 e. The van der Waals surface area contributed by atoms with Crippen molar-refractivity contribution in [2.75, 3.05) is 7.05 Å². The molecule has 1 nitrogen and oxygen atoms in total. The van der Waals surface area contributed by atoms with E-state index in [1.165, 1.54) is 40.7 Å². The minimum atomic E-state index is -1.42. The number of allylic oxidation sites excluding steroid dienone is 10. The molecule has 0 spiro atoms. The lowest BCUT2D eigenvalue weighted by atomic mass is 9.85. The molecule has 31 heavy (non-hydrogen) atoms. The third-order valence-corrected chi connectivity index (χ3v) is 6.70. The second-order valence-electron chi connectivity index (χ2n) is 9.93. The van der Waals surface area contributed by atoms with Gasteiger partial charge in [0.1, 0.15) is 8.07 Å². The van der Waals surface area contributed by atoms with Crippen LogP contribution in [0.4, 0.5) is 0 Å². The monoisotopic (exact) mass is 429 g/mol. The van der Waals surface area contributed by atoms with Crippen LogP contribution in [0.1, 0.15) is 47.5 Å². The lowest BCUT2D eigenvalue weighted by Crippen LogP contribution is -2.16. The summed E-state index contributed by atoms with van der Waals surface area (Å²) in [7, 11) is 0.460. The van der Waals surface area contributed by atoms with Gasteiger partial charge in [0.15, 0.2) is 0 Å². The quantitative estimate of drug-likeness (QED) is 0.134. The molecular formula is C29H39NSi. The zero-order chi connectivity index (χ0) is 23.3. The third kappa shape index (κ3) is 7.10. The molecule has 164 valence electrons. The van der Waals surface area contributed by atoms with Crippen LogP contribution >= 0.6 is 0 Å². The summed E-state index contributed by atoms with van der Waals surface area (Å²) in [6, 6.07) is 0. The van der Waals surface area contributed by atoms with Gasteiger partial charge < -0.3 is 0 Å². The molecule has 0 amide bonds. The van der Waals surface area contributed by atoms with Gasteiger partial charge in [-0.3, -0.25) is 4.99 Å². The highest BCUT2D eigenvalue weighted by Crippen LogP contribution is 2.43. The van der Waals surface area contributed by atoms with E-state index in [0.29, 0.717) is 5.92 Å². The predicted octanol–water partition coefficient (Wildman–Crippen LogP) is 7.79. The van der Waals surface area contributed by atoms with E-state index in [0.717, 1.165) is 16.9 Å².